The Morgan fingerprint density at radius 1 is 1.41 bits per heavy atom. The molecule has 1 aromatic rings. The van der Waals surface area contributed by atoms with Crippen LogP contribution in [0.25, 0.3) is 0 Å². The van der Waals surface area contributed by atoms with Crippen LogP contribution in [0.15, 0.2) is 0 Å². The fourth-order valence-electron chi connectivity index (χ4n) is 3.48. The zero-order valence-electron chi connectivity index (χ0n) is 14.3. The number of rotatable bonds is 5. The van der Waals surface area contributed by atoms with Gasteiger partial charge in [0.25, 0.3) is 5.91 Å². The lowest BCUT2D eigenvalue weighted by Crippen LogP contribution is -2.47. The highest BCUT2D eigenvalue weighted by Crippen LogP contribution is 2.24. The Morgan fingerprint density at radius 2 is 2.05 bits per heavy atom. The number of anilines is 1. The Labute approximate surface area is 137 Å². The molecule has 0 aromatic carbocycles. The number of aryl methyl sites for hydroxylation is 1. The summed E-state index contributed by atoms with van der Waals surface area (Å²) in [4.78, 5) is 15.0. The van der Waals surface area contributed by atoms with Gasteiger partial charge in [-0.1, -0.05) is 13.8 Å². The van der Waals surface area contributed by atoms with Gasteiger partial charge in [-0.25, -0.2) is 0 Å². The molecule has 2 N–H and O–H groups in total. The van der Waals surface area contributed by atoms with Crippen LogP contribution in [0.2, 0.25) is 0 Å². The first-order chi connectivity index (χ1) is 10.4. The molecule has 2 rings (SSSR count). The molecule has 0 unspecified atom stereocenters. The van der Waals surface area contributed by atoms with Crippen LogP contribution in [-0.4, -0.2) is 47.9 Å². The van der Waals surface area contributed by atoms with Gasteiger partial charge >= 0.3 is 0 Å². The van der Waals surface area contributed by atoms with Crippen molar-refractivity contribution in [1.29, 1.82) is 0 Å². The first-order valence-electron chi connectivity index (χ1n) is 8.08. The summed E-state index contributed by atoms with van der Waals surface area (Å²) >= 11 is 1.34. The fraction of sp³-hybridized carbons (Fsp3) is 0.750. The molecule has 5 nitrogen and oxygen atoms in total. The maximum atomic E-state index is 12.5. The van der Waals surface area contributed by atoms with Crippen molar-refractivity contribution in [3.05, 3.63) is 11.3 Å². The second-order valence-electron chi connectivity index (χ2n) is 6.76. The van der Waals surface area contributed by atoms with Crippen molar-refractivity contribution in [2.24, 2.45) is 11.8 Å². The molecule has 1 aliphatic rings. The van der Waals surface area contributed by atoms with Gasteiger partial charge in [0.1, 0.15) is 5.00 Å². The molecule has 1 saturated heterocycles. The molecule has 2 heterocycles. The van der Waals surface area contributed by atoms with E-state index in [0.29, 0.717) is 5.56 Å². The Morgan fingerprint density at radius 3 is 2.64 bits per heavy atom. The Kier molecular flexibility index (Phi) is 5.81. The second-order valence-corrected chi connectivity index (χ2v) is 7.53. The average Bonchev–Trinajstić information content (AvgIpc) is 2.78. The van der Waals surface area contributed by atoms with Crippen molar-refractivity contribution in [3.8, 4) is 0 Å². The van der Waals surface area contributed by atoms with E-state index in [0.717, 1.165) is 42.2 Å². The van der Waals surface area contributed by atoms with Gasteiger partial charge in [0.15, 0.2) is 0 Å². The minimum absolute atomic E-state index is 0.0267. The van der Waals surface area contributed by atoms with Crippen molar-refractivity contribution in [3.63, 3.8) is 0 Å². The molecule has 6 heteroatoms. The molecule has 22 heavy (non-hydrogen) atoms. The van der Waals surface area contributed by atoms with Crippen LogP contribution in [0.4, 0.5) is 5.00 Å². The third-order valence-corrected chi connectivity index (χ3v) is 5.13. The van der Waals surface area contributed by atoms with Gasteiger partial charge in [0, 0.05) is 32.7 Å². The number of carbonyl (C=O) groups excluding carboxylic acids is 1. The van der Waals surface area contributed by atoms with Crippen LogP contribution in [-0.2, 0) is 0 Å². The highest BCUT2D eigenvalue weighted by molar-refractivity contribution is 7.10. The molecule has 1 fully saturated rings. The first-order valence-corrected chi connectivity index (χ1v) is 8.85. The van der Waals surface area contributed by atoms with Gasteiger partial charge in [-0.15, -0.1) is 0 Å². The number of carbonyl (C=O) groups is 1. The maximum Gasteiger partial charge on any atom is 0.256 e. The van der Waals surface area contributed by atoms with E-state index in [1.54, 1.807) is 0 Å². The van der Waals surface area contributed by atoms with Gasteiger partial charge < -0.3 is 15.5 Å². The monoisotopic (exact) mass is 324 g/mol. The molecule has 0 aliphatic carbocycles. The van der Waals surface area contributed by atoms with E-state index in [9.17, 15) is 4.79 Å². The zero-order chi connectivity index (χ0) is 16.3. The Bertz CT molecular complexity index is 506. The van der Waals surface area contributed by atoms with E-state index in [1.165, 1.54) is 18.0 Å². The average molecular weight is 324 g/mol. The molecule has 3 atom stereocenters. The number of likely N-dealkylation sites (tertiary alicyclic amines) is 1. The van der Waals surface area contributed by atoms with E-state index < -0.39 is 0 Å². The molecule has 1 amide bonds. The Hall–Kier alpha value is -1.14. The van der Waals surface area contributed by atoms with Crippen molar-refractivity contribution in [2.45, 2.75) is 40.2 Å². The maximum absolute atomic E-state index is 12.5. The number of aromatic nitrogens is 1. The molecule has 0 spiro atoms. The van der Waals surface area contributed by atoms with Crippen LogP contribution in [0.3, 0.4) is 0 Å². The van der Waals surface area contributed by atoms with Gasteiger partial charge in [-0.3, -0.25) is 4.79 Å². The van der Waals surface area contributed by atoms with Gasteiger partial charge in [-0.05, 0) is 43.6 Å². The van der Waals surface area contributed by atoms with E-state index in [-0.39, 0.29) is 11.9 Å². The normalized spacial score (nSPS) is 24.0. The minimum Gasteiger partial charge on any atom is -0.378 e. The second kappa shape index (κ2) is 7.42. The highest BCUT2D eigenvalue weighted by atomic mass is 32.1. The predicted molar refractivity (Wildman–Crippen MR) is 92.7 cm³/mol. The molecule has 1 aromatic heterocycles. The lowest BCUT2D eigenvalue weighted by atomic mass is 9.92. The summed E-state index contributed by atoms with van der Waals surface area (Å²) in [5.74, 6) is 1.46. The lowest BCUT2D eigenvalue weighted by Gasteiger charge is -2.36. The predicted octanol–water partition coefficient (Wildman–Crippen LogP) is 2.59. The number of amides is 1. The van der Waals surface area contributed by atoms with Gasteiger partial charge in [0.2, 0.25) is 0 Å². The molecule has 0 radical (unpaired) electrons. The molecule has 124 valence electrons. The number of hydrogen-bond donors (Lipinski definition) is 2. The van der Waals surface area contributed by atoms with Crippen molar-refractivity contribution in [2.75, 3.05) is 32.0 Å². The van der Waals surface area contributed by atoms with Crippen LogP contribution < -0.4 is 10.6 Å². The quantitative estimate of drug-likeness (QED) is 0.874. The largest absolute Gasteiger partial charge is 0.378 e. The lowest BCUT2D eigenvalue weighted by molar-refractivity contribution is 0.0905. The summed E-state index contributed by atoms with van der Waals surface area (Å²) in [7, 11) is 1.82. The third kappa shape index (κ3) is 4.20. The molecule has 1 aliphatic heterocycles. The van der Waals surface area contributed by atoms with Gasteiger partial charge in [0.05, 0.1) is 11.3 Å². The molecular weight excluding hydrogens is 296 g/mol. The smallest absolute Gasteiger partial charge is 0.256 e. The molecular formula is C16H28N4OS. The number of piperidine rings is 1. The number of nitrogens with one attached hydrogen (secondary N) is 2. The van der Waals surface area contributed by atoms with Crippen molar-refractivity contribution < 1.29 is 4.79 Å². The molecule has 0 bridgehead atoms. The summed E-state index contributed by atoms with van der Waals surface area (Å²) in [6.07, 6.45) is 1.31. The van der Waals surface area contributed by atoms with Crippen LogP contribution in [0.1, 0.15) is 43.2 Å². The van der Waals surface area contributed by atoms with Crippen molar-refractivity contribution >= 4 is 22.4 Å². The number of hydrogen-bond acceptors (Lipinski definition) is 5. The summed E-state index contributed by atoms with van der Waals surface area (Å²) in [5.41, 5.74) is 1.47. The van der Waals surface area contributed by atoms with E-state index in [1.807, 2.05) is 14.0 Å². The first kappa shape index (κ1) is 17.2. The fourth-order valence-corrected chi connectivity index (χ4v) is 4.22. The summed E-state index contributed by atoms with van der Waals surface area (Å²) in [6, 6.07) is 0.133. The van der Waals surface area contributed by atoms with Crippen LogP contribution in [0.5, 0.6) is 0 Å². The number of nitrogens with zero attached hydrogens (tertiary/aromatic N) is 2. The molecule has 0 saturated carbocycles. The topological polar surface area (TPSA) is 57.3 Å². The highest BCUT2D eigenvalue weighted by Gasteiger charge is 2.24. The van der Waals surface area contributed by atoms with Crippen LogP contribution in [0, 0.1) is 18.8 Å². The Balaban J connectivity index is 1.92. The van der Waals surface area contributed by atoms with E-state index in [4.69, 9.17) is 0 Å². The van der Waals surface area contributed by atoms with E-state index >= 15 is 0 Å². The SMILES string of the molecule is CNc1snc(C)c1C(=O)N[C@H](C)CN1C[C@H](C)C[C@H](C)C1. The summed E-state index contributed by atoms with van der Waals surface area (Å²) in [6.45, 7) is 11.8. The zero-order valence-corrected chi connectivity index (χ0v) is 15.1. The third-order valence-electron chi connectivity index (χ3n) is 4.17. The summed E-state index contributed by atoms with van der Waals surface area (Å²) in [5, 5.41) is 7.00. The minimum atomic E-state index is -0.0267. The van der Waals surface area contributed by atoms with Crippen molar-refractivity contribution in [1.82, 2.24) is 14.6 Å². The summed E-state index contributed by atoms with van der Waals surface area (Å²) < 4.78 is 4.26. The standard InChI is InChI=1S/C16H28N4OS/c1-10-6-11(2)8-20(7-10)9-12(3)18-15(21)14-13(4)19-22-16(14)17-5/h10-12,17H,6-9H2,1-5H3,(H,18,21)/t10-,11+,12-/m1/s1. The van der Waals surface area contributed by atoms with Gasteiger partial charge in [-0.2, -0.15) is 4.37 Å². The van der Waals surface area contributed by atoms with E-state index in [2.05, 4.69) is 40.7 Å². The van der Waals surface area contributed by atoms with Crippen LogP contribution >= 0.6 is 11.5 Å².